The number of anilines is 3. The van der Waals surface area contributed by atoms with Crippen LogP contribution in [-0.2, 0) is 22.5 Å². The van der Waals surface area contributed by atoms with Crippen LogP contribution < -0.4 is 16.4 Å². The normalized spacial score (nSPS) is 13.3. The molecule has 4 rings (SSSR count). The molecule has 0 bridgehead atoms. The summed E-state index contributed by atoms with van der Waals surface area (Å²) in [7, 11) is 0. The number of fused-ring (bicyclic) bond motifs is 1. The van der Waals surface area contributed by atoms with Gasteiger partial charge >= 0.3 is 0 Å². The van der Waals surface area contributed by atoms with Gasteiger partial charge in [0.05, 0.1) is 34.2 Å². The van der Waals surface area contributed by atoms with E-state index in [0.717, 1.165) is 5.01 Å². The van der Waals surface area contributed by atoms with Crippen molar-refractivity contribution in [3.8, 4) is 0 Å². The Hall–Kier alpha value is -3.78. The van der Waals surface area contributed by atoms with Crippen molar-refractivity contribution in [2.45, 2.75) is 52.7 Å². The number of para-hydroxylation sites is 2. The molecular weight excluding hydrogens is 547 g/mol. The number of benzene rings is 1. The maximum Gasteiger partial charge on any atom is 0.228 e. The van der Waals surface area contributed by atoms with E-state index in [9.17, 15) is 14.3 Å². The minimum Gasteiger partial charge on any atom is -0.397 e. The molecule has 13 heteroatoms. The summed E-state index contributed by atoms with van der Waals surface area (Å²) in [5.74, 6) is -0.653. The van der Waals surface area contributed by atoms with Crippen molar-refractivity contribution in [3.63, 3.8) is 0 Å². The summed E-state index contributed by atoms with van der Waals surface area (Å²) in [4.78, 5) is 32.7. The molecule has 4 aromatic rings. The van der Waals surface area contributed by atoms with Crippen molar-refractivity contribution in [2.24, 2.45) is 5.92 Å². The second-order valence-corrected chi connectivity index (χ2v) is 11.6. The summed E-state index contributed by atoms with van der Waals surface area (Å²) in [6, 6.07) is 9.93. The first-order valence-corrected chi connectivity index (χ1v) is 14.0. The van der Waals surface area contributed by atoms with E-state index in [-0.39, 0.29) is 24.7 Å². The van der Waals surface area contributed by atoms with E-state index >= 15 is 0 Å². The standard InChI is InChI=1S/C28H35FN8O3S/c1-17(25(38)35-20-10-6-5-9-19(20)30)15-37(27(39)40-28(2,3)4)13-11-22-36-23-24(33-16-34-26(23)41-22)32-14-21-18(29)8-7-12-31-21/h5-10,12,16-17,27,39H,11,13-15,30H2,1-4H3,(H,35,38)(H,32,33,34). The number of pyridine rings is 1. The average Bonchev–Trinajstić information content (AvgIpc) is 3.34. The van der Waals surface area contributed by atoms with Crippen molar-refractivity contribution in [3.05, 3.63) is 65.4 Å². The Bertz CT molecular complexity index is 1480. The topological polar surface area (TPSA) is 151 Å². The Balaban J connectivity index is 1.45. The molecule has 0 aliphatic rings. The predicted octanol–water partition coefficient (Wildman–Crippen LogP) is 4.03. The molecule has 0 saturated heterocycles. The van der Waals surface area contributed by atoms with Gasteiger partial charge in [0.15, 0.2) is 5.82 Å². The molecule has 1 amide bonds. The highest BCUT2D eigenvalue weighted by molar-refractivity contribution is 7.18. The van der Waals surface area contributed by atoms with E-state index in [1.165, 1.54) is 36.0 Å². The van der Waals surface area contributed by atoms with Crippen LogP contribution in [0.5, 0.6) is 0 Å². The SMILES string of the molecule is CC(CN(CCc1nc2c(NCc3ncccc3F)ncnc2s1)C(O)OC(C)(C)C)C(=O)Nc1ccccc1N. The van der Waals surface area contributed by atoms with Crippen LogP contribution in [0.15, 0.2) is 48.9 Å². The third kappa shape index (κ3) is 8.36. The second-order valence-electron chi connectivity index (χ2n) is 10.5. The van der Waals surface area contributed by atoms with Crippen LogP contribution in [-0.4, -0.2) is 61.0 Å². The minimum atomic E-state index is -1.24. The third-order valence-electron chi connectivity index (χ3n) is 6.06. The van der Waals surface area contributed by atoms with Gasteiger partial charge in [0.25, 0.3) is 0 Å². The molecule has 0 radical (unpaired) electrons. The van der Waals surface area contributed by atoms with Crippen LogP contribution >= 0.6 is 11.3 Å². The highest BCUT2D eigenvalue weighted by Crippen LogP contribution is 2.26. The first kappa shape index (κ1) is 30.2. The fraction of sp³-hybridized carbons (Fsp3) is 0.393. The lowest BCUT2D eigenvalue weighted by Crippen LogP contribution is -2.46. The molecule has 5 N–H and O–H groups in total. The smallest absolute Gasteiger partial charge is 0.228 e. The zero-order valence-electron chi connectivity index (χ0n) is 23.5. The number of hydrogen-bond donors (Lipinski definition) is 4. The van der Waals surface area contributed by atoms with Crippen molar-refractivity contribution in [2.75, 3.05) is 29.5 Å². The molecule has 0 spiro atoms. The van der Waals surface area contributed by atoms with E-state index in [2.05, 4.69) is 25.6 Å². The van der Waals surface area contributed by atoms with Crippen molar-refractivity contribution >= 4 is 44.8 Å². The first-order chi connectivity index (χ1) is 19.5. The lowest BCUT2D eigenvalue weighted by Gasteiger charge is -2.33. The summed E-state index contributed by atoms with van der Waals surface area (Å²) < 4.78 is 19.8. The number of nitrogens with two attached hydrogens (primary N) is 1. The molecule has 3 heterocycles. The molecule has 2 atom stereocenters. The van der Waals surface area contributed by atoms with Crippen molar-refractivity contribution in [1.29, 1.82) is 0 Å². The monoisotopic (exact) mass is 582 g/mol. The molecule has 0 saturated carbocycles. The maximum absolute atomic E-state index is 14.0. The molecule has 41 heavy (non-hydrogen) atoms. The molecule has 11 nitrogen and oxygen atoms in total. The number of amides is 1. The van der Waals surface area contributed by atoms with Gasteiger partial charge in [-0.1, -0.05) is 30.4 Å². The predicted molar refractivity (Wildman–Crippen MR) is 158 cm³/mol. The molecule has 2 unspecified atom stereocenters. The largest absolute Gasteiger partial charge is 0.397 e. The number of nitrogen functional groups attached to an aromatic ring is 1. The highest BCUT2D eigenvalue weighted by atomic mass is 32.1. The number of carbonyl (C=O) groups is 1. The van der Waals surface area contributed by atoms with Crippen LogP contribution in [0.25, 0.3) is 10.3 Å². The Morgan fingerprint density at radius 2 is 1.98 bits per heavy atom. The summed E-state index contributed by atoms with van der Waals surface area (Å²) in [5.41, 5.74) is 7.20. The van der Waals surface area contributed by atoms with E-state index in [4.69, 9.17) is 15.5 Å². The summed E-state index contributed by atoms with van der Waals surface area (Å²) >= 11 is 1.40. The van der Waals surface area contributed by atoms with E-state index in [1.54, 1.807) is 36.1 Å². The minimum absolute atomic E-state index is 0.143. The summed E-state index contributed by atoms with van der Waals surface area (Å²) in [6.45, 7) is 8.05. The quantitative estimate of drug-likeness (QED) is 0.142. The number of aromatic nitrogens is 4. The number of aliphatic hydroxyl groups is 1. The molecular formula is C28H35FN8O3S. The number of ether oxygens (including phenoxy) is 1. The Morgan fingerprint density at radius 1 is 1.20 bits per heavy atom. The lowest BCUT2D eigenvalue weighted by atomic mass is 10.1. The Morgan fingerprint density at radius 3 is 2.71 bits per heavy atom. The summed E-state index contributed by atoms with van der Waals surface area (Å²) in [6.07, 6.45) is 2.17. The highest BCUT2D eigenvalue weighted by Gasteiger charge is 2.27. The van der Waals surface area contributed by atoms with Gasteiger partial charge in [-0.25, -0.2) is 19.3 Å². The number of thiazole rings is 1. The van der Waals surface area contributed by atoms with Gasteiger partial charge in [-0.15, -0.1) is 0 Å². The van der Waals surface area contributed by atoms with Gasteiger partial charge in [-0.05, 0) is 45.0 Å². The molecule has 0 aliphatic carbocycles. The zero-order valence-corrected chi connectivity index (χ0v) is 24.3. The number of nitrogens with zero attached hydrogens (tertiary/aromatic N) is 5. The molecule has 0 fully saturated rings. The Labute approximate surface area is 242 Å². The van der Waals surface area contributed by atoms with Gasteiger partial charge in [0.1, 0.15) is 22.5 Å². The third-order valence-corrected chi connectivity index (χ3v) is 7.08. The van der Waals surface area contributed by atoms with Crippen LogP contribution in [0.2, 0.25) is 0 Å². The first-order valence-electron chi connectivity index (χ1n) is 13.2. The van der Waals surface area contributed by atoms with Crippen LogP contribution in [0.3, 0.4) is 0 Å². The van der Waals surface area contributed by atoms with Crippen LogP contribution in [0, 0.1) is 11.7 Å². The van der Waals surface area contributed by atoms with Gasteiger partial charge in [-0.3, -0.25) is 14.7 Å². The van der Waals surface area contributed by atoms with Crippen molar-refractivity contribution in [1.82, 2.24) is 24.8 Å². The Kier molecular flexibility index (Phi) is 9.76. The number of carbonyl (C=O) groups excluding carboxylic acids is 1. The lowest BCUT2D eigenvalue weighted by molar-refractivity contribution is -0.240. The van der Waals surface area contributed by atoms with Crippen LogP contribution in [0.1, 0.15) is 38.4 Å². The number of hydrogen-bond acceptors (Lipinski definition) is 11. The van der Waals surface area contributed by atoms with E-state index < -0.39 is 23.8 Å². The van der Waals surface area contributed by atoms with Gasteiger partial charge in [-0.2, -0.15) is 0 Å². The van der Waals surface area contributed by atoms with E-state index in [0.29, 0.717) is 40.5 Å². The molecule has 218 valence electrons. The fourth-order valence-corrected chi connectivity index (χ4v) is 4.87. The second kappa shape index (κ2) is 13.3. The number of aliphatic hydroxyl groups excluding tert-OH is 1. The van der Waals surface area contributed by atoms with Gasteiger partial charge in [0, 0.05) is 31.6 Å². The fourth-order valence-electron chi connectivity index (χ4n) is 3.97. The molecule has 1 aromatic carbocycles. The zero-order chi connectivity index (χ0) is 29.6. The average molecular weight is 583 g/mol. The van der Waals surface area contributed by atoms with Crippen LogP contribution in [0.4, 0.5) is 21.6 Å². The maximum atomic E-state index is 14.0. The van der Waals surface area contributed by atoms with E-state index in [1.807, 2.05) is 20.8 Å². The van der Waals surface area contributed by atoms with Gasteiger partial charge in [0.2, 0.25) is 12.3 Å². The van der Waals surface area contributed by atoms with Crippen molar-refractivity contribution < 1.29 is 19.0 Å². The molecule has 0 aliphatic heterocycles. The number of nitrogens with one attached hydrogen (secondary N) is 2. The number of rotatable bonds is 12. The molecule has 3 aromatic heterocycles. The number of halogens is 1. The summed E-state index contributed by atoms with van der Waals surface area (Å²) in [5, 5.41) is 17.6. The van der Waals surface area contributed by atoms with Gasteiger partial charge < -0.3 is 26.2 Å².